The SMILES string of the molecule is CCN(CC(=O)NC)C(=O)CC(C)C1CCCNC1. The van der Waals surface area contributed by atoms with E-state index in [9.17, 15) is 9.59 Å². The molecule has 2 atom stereocenters. The van der Waals surface area contributed by atoms with Crippen LogP contribution in [-0.4, -0.2) is 49.9 Å². The van der Waals surface area contributed by atoms with Gasteiger partial charge in [-0.1, -0.05) is 6.92 Å². The Kier molecular flexibility index (Phi) is 6.84. The Hall–Kier alpha value is -1.10. The van der Waals surface area contributed by atoms with Crippen LogP contribution in [0, 0.1) is 11.8 Å². The third-order valence-electron chi connectivity index (χ3n) is 3.98. The molecule has 0 spiro atoms. The molecule has 2 unspecified atom stereocenters. The molecule has 1 rings (SSSR count). The third kappa shape index (κ3) is 5.19. The predicted octanol–water partition coefficient (Wildman–Crippen LogP) is 0.607. The maximum atomic E-state index is 12.2. The van der Waals surface area contributed by atoms with Gasteiger partial charge in [0.05, 0.1) is 6.54 Å². The van der Waals surface area contributed by atoms with Crippen molar-refractivity contribution in [1.29, 1.82) is 0 Å². The zero-order chi connectivity index (χ0) is 14.3. The number of amides is 2. The Labute approximate surface area is 116 Å². The normalized spacial score (nSPS) is 20.7. The number of hydrogen-bond donors (Lipinski definition) is 2. The first-order valence-electron chi connectivity index (χ1n) is 7.27. The van der Waals surface area contributed by atoms with E-state index in [0.29, 0.717) is 24.8 Å². The van der Waals surface area contributed by atoms with Gasteiger partial charge in [-0.25, -0.2) is 0 Å². The molecule has 0 bridgehead atoms. The van der Waals surface area contributed by atoms with Crippen LogP contribution in [0.2, 0.25) is 0 Å². The van der Waals surface area contributed by atoms with Crippen LogP contribution < -0.4 is 10.6 Å². The van der Waals surface area contributed by atoms with Crippen molar-refractivity contribution in [2.75, 3.05) is 33.2 Å². The molecule has 110 valence electrons. The maximum absolute atomic E-state index is 12.2. The molecule has 0 saturated carbocycles. The second-order valence-corrected chi connectivity index (χ2v) is 5.37. The van der Waals surface area contributed by atoms with Crippen LogP contribution >= 0.6 is 0 Å². The Morgan fingerprint density at radius 1 is 1.47 bits per heavy atom. The van der Waals surface area contributed by atoms with Gasteiger partial charge < -0.3 is 15.5 Å². The molecule has 0 radical (unpaired) electrons. The summed E-state index contributed by atoms with van der Waals surface area (Å²) in [5.74, 6) is 0.932. The van der Waals surface area contributed by atoms with Crippen molar-refractivity contribution in [2.24, 2.45) is 11.8 Å². The summed E-state index contributed by atoms with van der Waals surface area (Å²) in [4.78, 5) is 25.2. The predicted molar refractivity (Wildman–Crippen MR) is 75.7 cm³/mol. The molecule has 1 aliphatic heterocycles. The first kappa shape index (κ1) is 16.0. The minimum Gasteiger partial charge on any atom is -0.358 e. The van der Waals surface area contributed by atoms with Gasteiger partial charge in [0.15, 0.2) is 0 Å². The Morgan fingerprint density at radius 2 is 2.21 bits per heavy atom. The minimum absolute atomic E-state index is 0.0872. The molecule has 1 aliphatic rings. The molecule has 2 amide bonds. The van der Waals surface area contributed by atoms with Crippen molar-refractivity contribution in [2.45, 2.75) is 33.1 Å². The van der Waals surface area contributed by atoms with E-state index in [2.05, 4.69) is 17.6 Å². The third-order valence-corrected chi connectivity index (χ3v) is 3.98. The quantitative estimate of drug-likeness (QED) is 0.742. The van der Waals surface area contributed by atoms with E-state index in [-0.39, 0.29) is 18.4 Å². The van der Waals surface area contributed by atoms with Crippen molar-refractivity contribution in [1.82, 2.24) is 15.5 Å². The van der Waals surface area contributed by atoms with Crippen molar-refractivity contribution < 1.29 is 9.59 Å². The number of likely N-dealkylation sites (N-methyl/N-ethyl adjacent to an activating group) is 2. The van der Waals surface area contributed by atoms with Gasteiger partial charge in [0, 0.05) is 20.0 Å². The second-order valence-electron chi connectivity index (χ2n) is 5.37. The van der Waals surface area contributed by atoms with Crippen LogP contribution in [-0.2, 0) is 9.59 Å². The molecule has 5 nitrogen and oxygen atoms in total. The van der Waals surface area contributed by atoms with Gasteiger partial charge in [0.25, 0.3) is 0 Å². The average molecular weight is 269 g/mol. The molecule has 5 heteroatoms. The molecule has 1 fully saturated rings. The van der Waals surface area contributed by atoms with Crippen LogP contribution in [0.15, 0.2) is 0 Å². The Morgan fingerprint density at radius 3 is 2.74 bits per heavy atom. The lowest BCUT2D eigenvalue weighted by atomic mass is 9.85. The minimum atomic E-state index is -0.109. The monoisotopic (exact) mass is 269 g/mol. The molecule has 0 aliphatic carbocycles. The fourth-order valence-electron chi connectivity index (χ4n) is 2.56. The molecule has 2 N–H and O–H groups in total. The van der Waals surface area contributed by atoms with Crippen molar-refractivity contribution >= 4 is 11.8 Å². The van der Waals surface area contributed by atoms with Gasteiger partial charge in [-0.2, -0.15) is 0 Å². The van der Waals surface area contributed by atoms with E-state index in [1.54, 1.807) is 11.9 Å². The zero-order valence-corrected chi connectivity index (χ0v) is 12.4. The lowest BCUT2D eigenvalue weighted by Gasteiger charge is -2.29. The van der Waals surface area contributed by atoms with Crippen molar-refractivity contribution in [3.8, 4) is 0 Å². The molecule has 1 heterocycles. The summed E-state index contributed by atoms with van der Waals surface area (Å²) >= 11 is 0. The summed E-state index contributed by atoms with van der Waals surface area (Å²) in [5, 5.41) is 5.94. The zero-order valence-electron chi connectivity index (χ0n) is 12.4. The topological polar surface area (TPSA) is 61.4 Å². The van der Waals surface area contributed by atoms with E-state index >= 15 is 0 Å². The Balaban J connectivity index is 2.44. The van der Waals surface area contributed by atoms with Crippen LogP contribution in [0.1, 0.15) is 33.1 Å². The number of piperidine rings is 1. The number of nitrogens with zero attached hydrogens (tertiary/aromatic N) is 1. The van der Waals surface area contributed by atoms with Crippen molar-refractivity contribution in [3.63, 3.8) is 0 Å². The summed E-state index contributed by atoms with van der Waals surface area (Å²) in [5.41, 5.74) is 0. The number of hydrogen-bond acceptors (Lipinski definition) is 3. The van der Waals surface area contributed by atoms with E-state index in [1.807, 2.05) is 6.92 Å². The molecular weight excluding hydrogens is 242 g/mol. The maximum Gasteiger partial charge on any atom is 0.239 e. The molecular formula is C14H27N3O2. The van der Waals surface area contributed by atoms with Gasteiger partial charge in [-0.15, -0.1) is 0 Å². The van der Waals surface area contributed by atoms with Crippen LogP contribution in [0.5, 0.6) is 0 Å². The highest BCUT2D eigenvalue weighted by atomic mass is 16.2. The number of nitrogens with one attached hydrogen (secondary N) is 2. The number of carbonyl (C=O) groups excluding carboxylic acids is 2. The summed E-state index contributed by atoms with van der Waals surface area (Å²) in [6.07, 6.45) is 2.93. The van der Waals surface area contributed by atoms with Gasteiger partial charge in [-0.3, -0.25) is 9.59 Å². The summed E-state index contributed by atoms with van der Waals surface area (Å²) in [6, 6.07) is 0. The largest absolute Gasteiger partial charge is 0.358 e. The highest BCUT2D eigenvalue weighted by molar-refractivity contribution is 5.84. The van der Waals surface area contributed by atoms with E-state index < -0.39 is 0 Å². The summed E-state index contributed by atoms with van der Waals surface area (Å²) in [6.45, 7) is 6.91. The first-order chi connectivity index (χ1) is 9.08. The van der Waals surface area contributed by atoms with Crippen LogP contribution in [0.3, 0.4) is 0 Å². The van der Waals surface area contributed by atoms with Crippen LogP contribution in [0.25, 0.3) is 0 Å². The highest BCUT2D eigenvalue weighted by Crippen LogP contribution is 2.23. The summed E-state index contributed by atoms with van der Waals surface area (Å²) in [7, 11) is 1.59. The molecule has 0 aromatic carbocycles. The molecule has 1 saturated heterocycles. The van der Waals surface area contributed by atoms with Crippen LogP contribution in [0.4, 0.5) is 0 Å². The second kappa shape index (κ2) is 8.15. The molecule has 0 aromatic rings. The van der Waals surface area contributed by atoms with Gasteiger partial charge in [-0.05, 0) is 44.7 Å². The standard InChI is InChI=1S/C14H27N3O2/c1-4-17(10-13(18)15-3)14(19)8-11(2)12-6-5-7-16-9-12/h11-12,16H,4-10H2,1-3H3,(H,15,18). The molecule has 19 heavy (non-hydrogen) atoms. The van der Waals surface area contributed by atoms with E-state index in [4.69, 9.17) is 0 Å². The fourth-order valence-corrected chi connectivity index (χ4v) is 2.56. The summed E-state index contributed by atoms with van der Waals surface area (Å²) < 4.78 is 0. The van der Waals surface area contributed by atoms with Crippen molar-refractivity contribution in [3.05, 3.63) is 0 Å². The lowest BCUT2D eigenvalue weighted by Crippen LogP contribution is -2.41. The number of carbonyl (C=O) groups is 2. The number of rotatable bonds is 6. The van der Waals surface area contributed by atoms with Gasteiger partial charge in [0.2, 0.25) is 11.8 Å². The fraction of sp³-hybridized carbons (Fsp3) is 0.857. The van der Waals surface area contributed by atoms with E-state index in [0.717, 1.165) is 13.1 Å². The van der Waals surface area contributed by atoms with Gasteiger partial charge >= 0.3 is 0 Å². The van der Waals surface area contributed by atoms with Gasteiger partial charge in [0.1, 0.15) is 0 Å². The first-order valence-corrected chi connectivity index (χ1v) is 7.27. The van der Waals surface area contributed by atoms with E-state index in [1.165, 1.54) is 12.8 Å². The molecule has 0 aromatic heterocycles. The lowest BCUT2D eigenvalue weighted by molar-refractivity contribution is -0.136. The highest BCUT2D eigenvalue weighted by Gasteiger charge is 2.24. The smallest absolute Gasteiger partial charge is 0.239 e. The Bertz CT molecular complexity index is 301. The average Bonchev–Trinajstić information content (AvgIpc) is 2.45.